The topological polar surface area (TPSA) is 73.9 Å². The Morgan fingerprint density at radius 3 is 2.31 bits per heavy atom. The minimum absolute atomic E-state index is 0. The third-order valence-electron chi connectivity index (χ3n) is 5.94. The maximum Gasteiger partial charge on any atom is 0.410 e. The summed E-state index contributed by atoms with van der Waals surface area (Å²) >= 11 is 0. The van der Waals surface area contributed by atoms with E-state index in [-0.39, 0.29) is 43.1 Å². The van der Waals surface area contributed by atoms with Crippen LogP contribution in [0.25, 0.3) is 0 Å². The van der Waals surface area contributed by atoms with Crippen LogP contribution in [0, 0.1) is 0 Å². The lowest BCUT2D eigenvalue weighted by Gasteiger charge is -2.38. The molecule has 2 fully saturated rings. The molecule has 2 aromatic carbocycles. The number of likely N-dealkylation sites (tertiary alicyclic amines) is 1. The average molecular weight is 459 g/mol. The van der Waals surface area contributed by atoms with Crippen LogP contribution in [0.5, 0.6) is 0 Å². The number of ether oxygens (including phenoxy) is 1. The molecular weight excluding hydrogens is 428 g/mol. The maximum atomic E-state index is 13.0. The van der Waals surface area contributed by atoms with Gasteiger partial charge in [0.15, 0.2) is 0 Å². The van der Waals surface area contributed by atoms with Gasteiger partial charge in [0.2, 0.25) is 5.91 Å². The Labute approximate surface area is 195 Å². The number of anilines is 1. The molecule has 2 saturated heterocycles. The number of carbonyl (C=O) groups is 2. The van der Waals surface area contributed by atoms with E-state index < -0.39 is 0 Å². The zero-order valence-electron chi connectivity index (χ0n) is 18.1. The van der Waals surface area contributed by atoms with E-state index in [1.54, 1.807) is 4.90 Å². The molecule has 172 valence electrons. The van der Waals surface area contributed by atoms with Crippen LogP contribution in [0.2, 0.25) is 0 Å². The van der Waals surface area contributed by atoms with Gasteiger partial charge in [-0.2, -0.15) is 0 Å². The van der Waals surface area contributed by atoms with Gasteiger partial charge in [0, 0.05) is 44.5 Å². The SMILES string of the molecule is Cl.O=C(NC1CCN(C(=O)OCc2ccccc2)CC1)C1CNCCN1c1ccccc1. The number of benzene rings is 2. The third-order valence-corrected chi connectivity index (χ3v) is 5.94. The van der Waals surface area contributed by atoms with Crippen molar-refractivity contribution in [1.29, 1.82) is 0 Å². The van der Waals surface area contributed by atoms with Crippen molar-refractivity contribution < 1.29 is 14.3 Å². The van der Waals surface area contributed by atoms with E-state index in [0.717, 1.165) is 37.2 Å². The second-order valence-corrected chi connectivity index (χ2v) is 8.06. The second-order valence-electron chi connectivity index (χ2n) is 8.06. The van der Waals surface area contributed by atoms with Gasteiger partial charge >= 0.3 is 6.09 Å². The number of nitrogens with zero attached hydrogens (tertiary/aromatic N) is 2. The number of hydrogen-bond donors (Lipinski definition) is 2. The zero-order chi connectivity index (χ0) is 21.5. The molecular formula is C24H31ClN4O3. The van der Waals surface area contributed by atoms with Crippen LogP contribution in [0.4, 0.5) is 10.5 Å². The Balaban J connectivity index is 0.00000289. The van der Waals surface area contributed by atoms with Crippen LogP contribution >= 0.6 is 12.4 Å². The maximum absolute atomic E-state index is 13.0. The summed E-state index contributed by atoms with van der Waals surface area (Å²) in [5.41, 5.74) is 2.04. The van der Waals surface area contributed by atoms with Gasteiger partial charge in [-0.15, -0.1) is 12.4 Å². The lowest BCUT2D eigenvalue weighted by Crippen LogP contribution is -2.60. The summed E-state index contributed by atoms with van der Waals surface area (Å²) in [7, 11) is 0. The average Bonchev–Trinajstić information content (AvgIpc) is 2.84. The van der Waals surface area contributed by atoms with Crippen molar-refractivity contribution in [2.45, 2.75) is 31.5 Å². The molecule has 2 aliphatic heterocycles. The fourth-order valence-electron chi connectivity index (χ4n) is 4.18. The van der Waals surface area contributed by atoms with Crippen LogP contribution in [-0.2, 0) is 16.1 Å². The molecule has 0 spiro atoms. The molecule has 32 heavy (non-hydrogen) atoms. The lowest BCUT2D eigenvalue weighted by atomic mass is 10.0. The van der Waals surface area contributed by atoms with Crippen LogP contribution in [-0.4, -0.2) is 61.7 Å². The monoisotopic (exact) mass is 458 g/mol. The number of carbonyl (C=O) groups excluding carboxylic acids is 2. The van der Waals surface area contributed by atoms with Crippen molar-refractivity contribution in [1.82, 2.24) is 15.5 Å². The third kappa shape index (κ3) is 6.14. The summed E-state index contributed by atoms with van der Waals surface area (Å²) < 4.78 is 5.43. The lowest BCUT2D eigenvalue weighted by molar-refractivity contribution is -0.123. The molecule has 2 amide bonds. The highest BCUT2D eigenvalue weighted by Gasteiger charge is 2.31. The van der Waals surface area contributed by atoms with Crippen LogP contribution in [0.15, 0.2) is 60.7 Å². The Bertz CT molecular complexity index is 860. The molecule has 0 aliphatic carbocycles. The molecule has 0 saturated carbocycles. The van der Waals surface area contributed by atoms with E-state index in [1.165, 1.54) is 0 Å². The Kier molecular flexibility index (Phi) is 8.76. The van der Waals surface area contributed by atoms with Crippen molar-refractivity contribution >= 4 is 30.1 Å². The van der Waals surface area contributed by atoms with Gasteiger partial charge in [-0.1, -0.05) is 48.5 Å². The largest absolute Gasteiger partial charge is 0.445 e. The number of amides is 2. The molecule has 2 heterocycles. The standard InChI is InChI=1S/C24H30N4O3.ClH/c29-23(22-17-25-13-16-28(22)21-9-5-2-6-10-21)26-20-11-14-27(15-12-20)24(30)31-18-19-7-3-1-4-8-19;/h1-10,20,22,25H,11-18H2,(H,26,29);1H. The van der Waals surface area contributed by atoms with Crippen LogP contribution in [0.1, 0.15) is 18.4 Å². The highest BCUT2D eigenvalue weighted by atomic mass is 35.5. The molecule has 2 N–H and O–H groups in total. The predicted molar refractivity (Wildman–Crippen MR) is 127 cm³/mol. The van der Waals surface area contributed by atoms with E-state index in [4.69, 9.17) is 4.74 Å². The molecule has 0 radical (unpaired) electrons. The van der Waals surface area contributed by atoms with Gasteiger partial charge in [0.25, 0.3) is 0 Å². The van der Waals surface area contributed by atoms with Gasteiger partial charge in [-0.25, -0.2) is 4.79 Å². The number of piperidine rings is 1. The van der Waals surface area contributed by atoms with Crippen molar-refractivity contribution in [3.63, 3.8) is 0 Å². The highest BCUT2D eigenvalue weighted by molar-refractivity contribution is 5.86. The first-order chi connectivity index (χ1) is 15.2. The van der Waals surface area contributed by atoms with Crippen molar-refractivity contribution in [3.8, 4) is 0 Å². The second kappa shape index (κ2) is 11.7. The van der Waals surface area contributed by atoms with E-state index in [2.05, 4.69) is 15.5 Å². The van der Waals surface area contributed by atoms with Crippen molar-refractivity contribution in [2.24, 2.45) is 0 Å². The van der Waals surface area contributed by atoms with E-state index in [0.29, 0.717) is 19.6 Å². The van der Waals surface area contributed by atoms with E-state index >= 15 is 0 Å². The first-order valence-corrected chi connectivity index (χ1v) is 11.0. The van der Waals surface area contributed by atoms with Gasteiger partial charge in [0.1, 0.15) is 12.6 Å². The van der Waals surface area contributed by atoms with Gasteiger partial charge in [0.05, 0.1) is 0 Å². The molecule has 0 aromatic heterocycles. The molecule has 7 nitrogen and oxygen atoms in total. The highest BCUT2D eigenvalue weighted by Crippen LogP contribution is 2.19. The summed E-state index contributed by atoms with van der Waals surface area (Å²) in [5.74, 6) is 0.0427. The summed E-state index contributed by atoms with van der Waals surface area (Å²) in [6.07, 6.45) is 1.18. The van der Waals surface area contributed by atoms with E-state index in [9.17, 15) is 9.59 Å². The summed E-state index contributed by atoms with van der Waals surface area (Å²) in [6, 6.07) is 19.6. The number of halogens is 1. The number of para-hydroxylation sites is 1. The molecule has 1 atom stereocenters. The number of hydrogen-bond acceptors (Lipinski definition) is 5. The zero-order valence-corrected chi connectivity index (χ0v) is 18.9. The Morgan fingerprint density at radius 2 is 1.62 bits per heavy atom. The molecule has 2 aromatic rings. The van der Waals surface area contributed by atoms with Crippen LogP contribution in [0.3, 0.4) is 0 Å². The number of piperazine rings is 1. The van der Waals surface area contributed by atoms with Crippen molar-refractivity contribution in [3.05, 3.63) is 66.2 Å². The van der Waals surface area contributed by atoms with Gasteiger partial charge in [-0.05, 0) is 30.5 Å². The summed E-state index contributed by atoms with van der Waals surface area (Å²) in [6.45, 7) is 3.75. The first kappa shape index (κ1) is 23.9. The molecule has 1 unspecified atom stereocenters. The minimum Gasteiger partial charge on any atom is -0.445 e. The molecule has 2 aliphatic rings. The molecule has 8 heteroatoms. The summed E-state index contributed by atoms with van der Waals surface area (Å²) in [4.78, 5) is 29.3. The first-order valence-electron chi connectivity index (χ1n) is 11.0. The fraction of sp³-hybridized carbons (Fsp3) is 0.417. The fourth-order valence-corrected chi connectivity index (χ4v) is 4.18. The van der Waals surface area contributed by atoms with Crippen LogP contribution < -0.4 is 15.5 Å². The number of rotatable bonds is 5. The Morgan fingerprint density at radius 1 is 0.969 bits per heavy atom. The smallest absolute Gasteiger partial charge is 0.410 e. The van der Waals surface area contributed by atoms with Gasteiger partial charge < -0.3 is 25.2 Å². The quantitative estimate of drug-likeness (QED) is 0.720. The normalized spacial score (nSPS) is 19.1. The van der Waals surface area contributed by atoms with E-state index in [1.807, 2.05) is 60.7 Å². The molecule has 0 bridgehead atoms. The molecule has 4 rings (SSSR count). The minimum atomic E-state index is -0.291. The predicted octanol–water partition coefficient (Wildman–Crippen LogP) is 2.80. The Hall–Kier alpha value is -2.77. The summed E-state index contributed by atoms with van der Waals surface area (Å²) in [5, 5.41) is 6.54. The van der Waals surface area contributed by atoms with Crippen molar-refractivity contribution in [2.75, 3.05) is 37.6 Å². The van der Waals surface area contributed by atoms with Gasteiger partial charge in [-0.3, -0.25) is 4.79 Å². The number of nitrogens with one attached hydrogen (secondary N) is 2.